The summed E-state index contributed by atoms with van der Waals surface area (Å²) in [6.07, 6.45) is 4.22. The van der Waals surface area contributed by atoms with Gasteiger partial charge in [0.25, 0.3) is 0 Å². The second-order valence-corrected chi connectivity index (χ2v) is 5.87. The van der Waals surface area contributed by atoms with E-state index in [0.29, 0.717) is 33.7 Å². The first-order valence-electron chi connectivity index (χ1n) is 8.28. The molecule has 0 unspecified atom stereocenters. The summed E-state index contributed by atoms with van der Waals surface area (Å²) in [5.74, 6) is 0.672. The van der Waals surface area contributed by atoms with Crippen molar-refractivity contribution in [2.45, 2.75) is 0 Å². The van der Waals surface area contributed by atoms with Gasteiger partial charge in [-0.15, -0.1) is 0 Å². The summed E-state index contributed by atoms with van der Waals surface area (Å²) in [6, 6.07) is 10.4. The number of methoxy groups -OCH3 is 2. The van der Waals surface area contributed by atoms with E-state index in [0.717, 1.165) is 0 Å². The van der Waals surface area contributed by atoms with Crippen LogP contribution in [0.25, 0.3) is 21.9 Å². The molecule has 7 nitrogen and oxygen atoms in total. The van der Waals surface area contributed by atoms with Gasteiger partial charge in [-0.1, -0.05) is 0 Å². The van der Waals surface area contributed by atoms with Gasteiger partial charge in [0.2, 0.25) is 11.2 Å². The molecule has 0 saturated heterocycles. The first-order chi connectivity index (χ1) is 13.7. The SMILES string of the molecule is COc1c2occc2c(OC)c2c(=O)c(C=Nc3ccc(C#N)cc3)coc12. The molecule has 2 aromatic carbocycles. The van der Waals surface area contributed by atoms with Crippen molar-refractivity contribution >= 4 is 33.8 Å². The van der Waals surface area contributed by atoms with E-state index in [9.17, 15) is 4.79 Å². The molecule has 7 heteroatoms. The molecule has 0 aliphatic heterocycles. The second-order valence-electron chi connectivity index (χ2n) is 5.87. The van der Waals surface area contributed by atoms with Crippen molar-refractivity contribution in [3.8, 4) is 17.6 Å². The van der Waals surface area contributed by atoms with Crippen LogP contribution >= 0.6 is 0 Å². The molecule has 0 N–H and O–H groups in total. The van der Waals surface area contributed by atoms with E-state index < -0.39 is 0 Å². The number of hydrogen-bond donors (Lipinski definition) is 0. The van der Waals surface area contributed by atoms with Crippen LogP contribution in [0.5, 0.6) is 11.5 Å². The molecule has 0 radical (unpaired) electrons. The van der Waals surface area contributed by atoms with Crippen LogP contribution in [0.3, 0.4) is 0 Å². The molecular weight excluding hydrogens is 360 g/mol. The monoisotopic (exact) mass is 374 g/mol. The van der Waals surface area contributed by atoms with Gasteiger partial charge in [0.1, 0.15) is 17.4 Å². The molecular formula is C21H14N2O5. The number of rotatable bonds is 4. The average molecular weight is 374 g/mol. The number of nitrogens with zero attached hydrogens (tertiary/aromatic N) is 2. The molecule has 0 spiro atoms. The second kappa shape index (κ2) is 6.93. The van der Waals surface area contributed by atoms with Gasteiger partial charge in [-0.2, -0.15) is 5.26 Å². The van der Waals surface area contributed by atoms with E-state index in [1.807, 2.05) is 6.07 Å². The molecule has 2 aromatic heterocycles. The maximum Gasteiger partial charge on any atom is 0.206 e. The van der Waals surface area contributed by atoms with Crippen LogP contribution in [0.4, 0.5) is 5.69 Å². The lowest BCUT2D eigenvalue weighted by atomic mass is 10.1. The maximum absolute atomic E-state index is 13.1. The lowest BCUT2D eigenvalue weighted by Crippen LogP contribution is -2.10. The normalized spacial score (nSPS) is 11.2. The van der Waals surface area contributed by atoms with E-state index >= 15 is 0 Å². The molecule has 28 heavy (non-hydrogen) atoms. The fraction of sp³-hybridized carbons (Fsp3) is 0.0952. The Morgan fingerprint density at radius 3 is 2.46 bits per heavy atom. The summed E-state index contributed by atoms with van der Waals surface area (Å²) in [7, 11) is 2.95. The van der Waals surface area contributed by atoms with E-state index in [4.69, 9.17) is 23.6 Å². The Bertz CT molecular complexity index is 1310. The van der Waals surface area contributed by atoms with Gasteiger partial charge in [-0.3, -0.25) is 9.79 Å². The van der Waals surface area contributed by atoms with Crippen molar-refractivity contribution in [1.29, 1.82) is 5.26 Å². The summed E-state index contributed by atoms with van der Waals surface area (Å²) in [5.41, 5.74) is 1.76. The van der Waals surface area contributed by atoms with Crippen LogP contribution in [-0.2, 0) is 0 Å². The highest BCUT2D eigenvalue weighted by Crippen LogP contribution is 2.41. The van der Waals surface area contributed by atoms with Crippen LogP contribution < -0.4 is 14.9 Å². The van der Waals surface area contributed by atoms with E-state index in [1.165, 1.54) is 33.0 Å². The molecule has 0 atom stereocenters. The molecule has 2 heterocycles. The average Bonchev–Trinajstić information content (AvgIpc) is 3.21. The molecule has 0 fully saturated rings. The summed E-state index contributed by atoms with van der Waals surface area (Å²) >= 11 is 0. The highest BCUT2D eigenvalue weighted by molar-refractivity contribution is 6.07. The largest absolute Gasteiger partial charge is 0.495 e. The van der Waals surface area contributed by atoms with E-state index in [-0.39, 0.29) is 22.0 Å². The molecule has 0 amide bonds. The zero-order chi connectivity index (χ0) is 19.7. The Hall–Kier alpha value is -4.05. The predicted molar refractivity (Wildman–Crippen MR) is 104 cm³/mol. The van der Waals surface area contributed by atoms with Gasteiger partial charge >= 0.3 is 0 Å². The Kier molecular flexibility index (Phi) is 4.30. The van der Waals surface area contributed by atoms with Crippen molar-refractivity contribution in [3.05, 3.63) is 64.2 Å². The zero-order valence-corrected chi connectivity index (χ0v) is 15.1. The minimum absolute atomic E-state index is 0.238. The molecule has 0 saturated carbocycles. The Labute approximate surface area is 159 Å². The zero-order valence-electron chi connectivity index (χ0n) is 15.1. The highest BCUT2D eigenvalue weighted by Gasteiger charge is 2.22. The van der Waals surface area contributed by atoms with Gasteiger partial charge in [-0.05, 0) is 30.3 Å². The smallest absolute Gasteiger partial charge is 0.206 e. The van der Waals surface area contributed by atoms with Crippen molar-refractivity contribution in [2.24, 2.45) is 4.99 Å². The highest BCUT2D eigenvalue weighted by atomic mass is 16.5. The fourth-order valence-corrected chi connectivity index (χ4v) is 3.01. The fourth-order valence-electron chi connectivity index (χ4n) is 3.01. The van der Waals surface area contributed by atoms with Crippen LogP contribution in [-0.4, -0.2) is 20.4 Å². The first kappa shape index (κ1) is 17.4. The van der Waals surface area contributed by atoms with Crippen LogP contribution in [0.15, 0.2) is 61.5 Å². The number of aliphatic imine (C=N–C) groups is 1. The third kappa shape index (κ3) is 2.68. The summed E-state index contributed by atoms with van der Waals surface area (Å²) in [5, 5.41) is 9.71. The minimum atomic E-state index is -0.308. The summed E-state index contributed by atoms with van der Waals surface area (Å²) in [4.78, 5) is 17.4. The molecule has 0 bridgehead atoms. The number of nitriles is 1. The van der Waals surface area contributed by atoms with Crippen molar-refractivity contribution < 1.29 is 18.3 Å². The van der Waals surface area contributed by atoms with Gasteiger partial charge < -0.3 is 18.3 Å². The molecule has 4 aromatic rings. The van der Waals surface area contributed by atoms with Gasteiger partial charge in [0, 0.05) is 6.21 Å². The summed E-state index contributed by atoms with van der Waals surface area (Å²) in [6.45, 7) is 0. The molecule has 138 valence electrons. The predicted octanol–water partition coefficient (Wildman–Crippen LogP) is 4.18. The van der Waals surface area contributed by atoms with Crippen molar-refractivity contribution in [3.63, 3.8) is 0 Å². The lowest BCUT2D eigenvalue weighted by Gasteiger charge is -2.10. The Balaban J connectivity index is 1.90. The number of furan rings is 1. The molecule has 0 aliphatic rings. The first-order valence-corrected chi connectivity index (χ1v) is 8.28. The maximum atomic E-state index is 13.1. The third-order valence-electron chi connectivity index (χ3n) is 4.33. The topological polar surface area (TPSA) is 98.0 Å². The standard InChI is InChI=1S/C21H14N2O5/c1-25-18-15-7-8-27-19(15)21(26-2)20-16(18)17(24)13(11-28-20)10-23-14-5-3-12(9-22)4-6-14/h3-8,10-11H,1-2H3. The van der Waals surface area contributed by atoms with Gasteiger partial charge in [0.05, 0.1) is 48.8 Å². The van der Waals surface area contributed by atoms with Crippen LogP contribution in [0.1, 0.15) is 11.1 Å². The number of fused-ring (bicyclic) bond motifs is 2. The number of benzene rings is 2. The van der Waals surface area contributed by atoms with Crippen LogP contribution in [0, 0.1) is 11.3 Å². The van der Waals surface area contributed by atoms with Crippen molar-refractivity contribution in [2.75, 3.05) is 14.2 Å². The number of hydrogen-bond acceptors (Lipinski definition) is 7. The number of ether oxygens (including phenoxy) is 2. The van der Waals surface area contributed by atoms with Gasteiger partial charge in [0.15, 0.2) is 11.2 Å². The van der Waals surface area contributed by atoms with Crippen molar-refractivity contribution in [1.82, 2.24) is 0 Å². The Morgan fingerprint density at radius 2 is 1.79 bits per heavy atom. The van der Waals surface area contributed by atoms with Gasteiger partial charge in [-0.25, -0.2) is 0 Å². The molecule has 4 rings (SSSR count). The lowest BCUT2D eigenvalue weighted by molar-refractivity contribution is 0.400. The minimum Gasteiger partial charge on any atom is -0.495 e. The summed E-state index contributed by atoms with van der Waals surface area (Å²) < 4.78 is 22.0. The van der Waals surface area contributed by atoms with E-state index in [1.54, 1.807) is 30.3 Å². The third-order valence-corrected chi connectivity index (χ3v) is 4.33. The van der Waals surface area contributed by atoms with E-state index in [2.05, 4.69) is 4.99 Å². The Morgan fingerprint density at radius 1 is 1.04 bits per heavy atom. The van der Waals surface area contributed by atoms with Crippen LogP contribution in [0.2, 0.25) is 0 Å². The quantitative estimate of drug-likeness (QED) is 0.497. The molecule has 0 aliphatic carbocycles.